The summed E-state index contributed by atoms with van der Waals surface area (Å²) in [7, 11) is 4.97. The van der Waals surface area contributed by atoms with Crippen LogP contribution in [0, 0.1) is 0 Å². The number of fused-ring (bicyclic) bond motifs is 1. The van der Waals surface area contributed by atoms with Crippen LogP contribution in [0.15, 0.2) is 36.4 Å². The molecule has 0 fully saturated rings. The Morgan fingerprint density at radius 2 is 1.59 bits per heavy atom. The molecule has 0 N–H and O–H groups in total. The molecule has 1 heterocycles. The van der Waals surface area contributed by atoms with E-state index in [1.807, 2.05) is 36.4 Å². The Kier molecular flexibility index (Phi) is 4.20. The van der Waals surface area contributed by atoms with Crippen LogP contribution in [0.5, 0.6) is 17.2 Å². The molecule has 1 aliphatic heterocycles. The molecule has 4 nitrogen and oxygen atoms in total. The van der Waals surface area contributed by atoms with Crippen molar-refractivity contribution in [1.82, 2.24) is 0 Å². The number of hydrogen-bond donors (Lipinski definition) is 0. The molecule has 0 aliphatic carbocycles. The van der Waals surface area contributed by atoms with Gasteiger partial charge in [-0.05, 0) is 47.4 Å². The van der Waals surface area contributed by atoms with Gasteiger partial charge >= 0.3 is 0 Å². The van der Waals surface area contributed by atoms with Gasteiger partial charge in [-0.2, -0.15) is 0 Å². The molecule has 1 atom stereocenters. The number of hydrogen-bond acceptors (Lipinski definition) is 4. The highest BCUT2D eigenvalue weighted by Gasteiger charge is 2.25. The standard InChI is InChI=1S/C18H20O4/c1-19-14-6-4-12(5-7-14)18-15-11-17(21-3)16(20-2)10-13(15)8-9-22-18/h4-7,10-11,18H,8-9H2,1-3H3/t18-/m1/s1. The molecule has 0 bridgehead atoms. The maximum absolute atomic E-state index is 6.00. The maximum Gasteiger partial charge on any atom is 0.161 e. The number of ether oxygens (including phenoxy) is 4. The smallest absolute Gasteiger partial charge is 0.161 e. The van der Waals surface area contributed by atoms with Crippen molar-refractivity contribution < 1.29 is 18.9 Å². The van der Waals surface area contributed by atoms with Gasteiger partial charge in [0.15, 0.2) is 11.5 Å². The van der Waals surface area contributed by atoms with Crippen molar-refractivity contribution in [3.8, 4) is 17.2 Å². The molecule has 2 aromatic carbocycles. The Morgan fingerprint density at radius 1 is 0.909 bits per heavy atom. The lowest BCUT2D eigenvalue weighted by Gasteiger charge is -2.27. The van der Waals surface area contributed by atoms with Gasteiger partial charge in [0.1, 0.15) is 11.9 Å². The van der Waals surface area contributed by atoms with Crippen LogP contribution in [-0.2, 0) is 11.2 Å². The molecular formula is C18H20O4. The van der Waals surface area contributed by atoms with Crippen molar-refractivity contribution in [1.29, 1.82) is 0 Å². The van der Waals surface area contributed by atoms with E-state index in [4.69, 9.17) is 18.9 Å². The normalized spacial score (nSPS) is 16.8. The maximum atomic E-state index is 6.00. The minimum absolute atomic E-state index is 0.0885. The lowest BCUT2D eigenvalue weighted by Crippen LogP contribution is -2.17. The van der Waals surface area contributed by atoms with E-state index in [1.165, 1.54) is 5.56 Å². The first-order chi connectivity index (χ1) is 10.8. The lowest BCUT2D eigenvalue weighted by atomic mass is 9.92. The van der Waals surface area contributed by atoms with E-state index in [2.05, 4.69) is 0 Å². The second-order valence-corrected chi connectivity index (χ2v) is 5.18. The molecule has 3 rings (SSSR count). The zero-order valence-corrected chi connectivity index (χ0v) is 13.1. The number of rotatable bonds is 4. The van der Waals surface area contributed by atoms with Gasteiger partial charge < -0.3 is 18.9 Å². The SMILES string of the molecule is COc1ccc([C@H]2OCCc3cc(OC)c(OC)cc32)cc1. The summed E-state index contributed by atoms with van der Waals surface area (Å²) in [5, 5.41) is 0. The zero-order valence-electron chi connectivity index (χ0n) is 13.1. The van der Waals surface area contributed by atoms with E-state index >= 15 is 0 Å². The van der Waals surface area contributed by atoms with E-state index in [0.29, 0.717) is 6.61 Å². The van der Waals surface area contributed by atoms with Crippen LogP contribution in [0.4, 0.5) is 0 Å². The summed E-state index contributed by atoms with van der Waals surface area (Å²) in [4.78, 5) is 0. The van der Waals surface area contributed by atoms with Gasteiger partial charge in [-0.25, -0.2) is 0 Å². The van der Waals surface area contributed by atoms with E-state index < -0.39 is 0 Å². The first-order valence-electron chi connectivity index (χ1n) is 7.27. The third kappa shape index (κ3) is 2.62. The van der Waals surface area contributed by atoms with Crippen molar-refractivity contribution in [2.45, 2.75) is 12.5 Å². The predicted octanol–water partition coefficient (Wildman–Crippen LogP) is 3.37. The molecule has 116 valence electrons. The van der Waals surface area contributed by atoms with E-state index in [1.54, 1.807) is 21.3 Å². The van der Waals surface area contributed by atoms with Crippen molar-refractivity contribution >= 4 is 0 Å². The summed E-state index contributed by atoms with van der Waals surface area (Å²) >= 11 is 0. The molecule has 0 unspecified atom stereocenters. The van der Waals surface area contributed by atoms with Crippen LogP contribution in [0.1, 0.15) is 22.8 Å². The Hall–Kier alpha value is -2.20. The molecule has 1 aliphatic rings. The summed E-state index contributed by atoms with van der Waals surface area (Å²) < 4.78 is 22.0. The number of methoxy groups -OCH3 is 3. The fourth-order valence-corrected chi connectivity index (χ4v) is 2.83. The van der Waals surface area contributed by atoms with Crippen molar-refractivity contribution in [3.05, 3.63) is 53.1 Å². The summed E-state index contributed by atoms with van der Waals surface area (Å²) in [6.45, 7) is 0.694. The van der Waals surface area contributed by atoms with Crippen LogP contribution in [0.25, 0.3) is 0 Å². The monoisotopic (exact) mass is 300 g/mol. The highest BCUT2D eigenvalue weighted by molar-refractivity contribution is 5.51. The number of benzene rings is 2. The second-order valence-electron chi connectivity index (χ2n) is 5.18. The molecule has 0 radical (unpaired) electrons. The van der Waals surface area contributed by atoms with Gasteiger partial charge in [0.2, 0.25) is 0 Å². The molecular weight excluding hydrogens is 280 g/mol. The topological polar surface area (TPSA) is 36.9 Å². The fourth-order valence-electron chi connectivity index (χ4n) is 2.83. The summed E-state index contributed by atoms with van der Waals surface area (Å²) in [6, 6.07) is 12.0. The van der Waals surface area contributed by atoms with Crippen LogP contribution < -0.4 is 14.2 Å². The predicted molar refractivity (Wildman–Crippen MR) is 84.0 cm³/mol. The van der Waals surface area contributed by atoms with Crippen LogP contribution in [-0.4, -0.2) is 27.9 Å². The molecule has 2 aromatic rings. The third-order valence-corrected chi connectivity index (χ3v) is 4.00. The summed E-state index contributed by atoms with van der Waals surface area (Å²) in [5.41, 5.74) is 3.48. The quantitative estimate of drug-likeness (QED) is 0.867. The Balaban J connectivity index is 2.02. The minimum Gasteiger partial charge on any atom is -0.497 e. The highest BCUT2D eigenvalue weighted by Crippen LogP contribution is 2.39. The van der Waals surface area contributed by atoms with Gasteiger partial charge in [0.25, 0.3) is 0 Å². The van der Waals surface area contributed by atoms with Crippen molar-refractivity contribution in [2.75, 3.05) is 27.9 Å². The van der Waals surface area contributed by atoms with Crippen molar-refractivity contribution in [3.63, 3.8) is 0 Å². The summed E-state index contributed by atoms with van der Waals surface area (Å²) in [6.07, 6.45) is 0.789. The van der Waals surface area contributed by atoms with Gasteiger partial charge in [0.05, 0.1) is 27.9 Å². The lowest BCUT2D eigenvalue weighted by molar-refractivity contribution is 0.0694. The van der Waals surface area contributed by atoms with Gasteiger partial charge in [0, 0.05) is 0 Å². The zero-order chi connectivity index (χ0) is 15.5. The first kappa shape index (κ1) is 14.7. The minimum atomic E-state index is -0.0885. The van der Waals surface area contributed by atoms with E-state index in [0.717, 1.165) is 34.8 Å². The molecule has 0 saturated carbocycles. The largest absolute Gasteiger partial charge is 0.497 e. The van der Waals surface area contributed by atoms with Crippen molar-refractivity contribution in [2.24, 2.45) is 0 Å². The molecule has 0 aromatic heterocycles. The van der Waals surface area contributed by atoms with Gasteiger partial charge in [-0.3, -0.25) is 0 Å². The first-order valence-corrected chi connectivity index (χ1v) is 7.27. The molecule has 4 heteroatoms. The Labute approximate surface area is 130 Å². The second kappa shape index (κ2) is 6.28. The van der Waals surface area contributed by atoms with Gasteiger partial charge in [-0.15, -0.1) is 0 Å². The van der Waals surface area contributed by atoms with Crippen LogP contribution >= 0.6 is 0 Å². The molecule has 0 amide bonds. The van der Waals surface area contributed by atoms with Crippen LogP contribution in [0.2, 0.25) is 0 Å². The van der Waals surface area contributed by atoms with E-state index in [-0.39, 0.29) is 6.10 Å². The highest BCUT2D eigenvalue weighted by atomic mass is 16.5. The van der Waals surface area contributed by atoms with Gasteiger partial charge in [-0.1, -0.05) is 12.1 Å². The van der Waals surface area contributed by atoms with Crippen LogP contribution in [0.3, 0.4) is 0 Å². The summed E-state index contributed by atoms with van der Waals surface area (Å²) in [5.74, 6) is 2.33. The molecule has 22 heavy (non-hydrogen) atoms. The molecule has 0 saturated heterocycles. The third-order valence-electron chi connectivity index (χ3n) is 4.00. The fraction of sp³-hybridized carbons (Fsp3) is 0.333. The average Bonchev–Trinajstić information content (AvgIpc) is 2.60. The molecule has 0 spiro atoms. The Morgan fingerprint density at radius 3 is 2.23 bits per heavy atom. The Bertz CT molecular complexity index is 649. The van der Waals surface area contributed by atoms with E-state index in [9.17, 15) is 0 Å². The average molecular weight is 300 g/mol.